The van der Waals surface area contributed by atoms with Crippen LogP contribution < -0.4 is 8.92 Å². The van der Waals surface area contributed by atoms with E-state index < -0.39 is 0 Å². The third kappa shape index (κ3) is 3.14. The molecule has 0 aliphatic heterocycles. The van der Waals surface area contributed by atoms with Gasteiger partial charge in [-0.15, -0.1) is 0 Å². The molecule has 4 fully saturated rings. The van der Waals surface area contributed by atoms with E-state index >= 15 is 0 Å². The summed E-state index contributed by atoms with van der Waals surface area (Å²) in [5.74, 6) is 0. The first kappa shape index (κ1) is 17.6. The van der Waals surface area contributed by atoms with Crippen LogP contribution in [0, 0.1) is 10.8 Å². The van der Waals surface area contributed by atoms with E-state index in [1.54, 1.807) is 8.92 Å². The third-order valence-corrected chi connectivity index (χ3v) is 12.4. The summed E-state index contributed by atoms with van der Waals surface area (Å²) in [5, 5.41) is 0. The Balaban J connectivity index is 1.52. The second-order valence-corrected chi connectivity index (χ2v) is 16.3. The van der Waals surface area contributed by atoms with Crippen LogP contribution in [-0.4, -0.2) is 29.9 Å². The summed E-state index contributed by atoms with van der Waals surface area (Å²) in [6, 6.07) is 22.8. The Morgan fingerprint density at radius 2 is 0.923 bits per heavy atom. The van der Waals surface area contributed by atoms with Crippen molar-refractivity contribution in [2.45, 2.75) is 61.0 Å². The van der Waals surface area contributed by atoms with Gasteiger partial charge in [0.25, 0.3) is 0 Å². The zero-order valence-corrected chi connectivity index (χ0v) is 19.3. The molecule has 0 radical (unpaired) electrons. The van der Waals surface area contributed by atoms with Crippen LogP contribution in [0.3, 0.4) is 0 Å². The van der Waals surface area contributed by atoms with Gasteiger partial charge in [0.1, 0.15) is 0 Å². The zero-order valence-electron chi connectivity index (χ0n) is 15.8. The van der Waals surface area contributed by atoms with Crippen LogP contribution in [0.5, 0.6) is 0 Å². The van der Waals surface area contributed by atoms with Crippen LogP contribution in [0.25, 0.3) is 0 Å². The minimum absolute atomic E-state index is 0.580. The Morgan fingerprint density at radius 3 is 1.31 bits per heavy atom. The van der Waals surface area contributed by atoms with Crippen molar-refractivity contribution >= 4 is 38.8 Å². The van der Waals surface area contributed by atoms with Crippen molar-refractivity contribution in [1.82, 2.24) is 0 Å². The van der Waals surface area contributed by atoms with Crippen LogP contribution in [0.4, 0.5) is 0 Å². The molecule has 6 rings (SSSR count). The van der Waals surface area contributed by atoms with Gasteiger partial charge in [-0.2, -0.15) is 0 Å². The van der Waals surface area contributed by atoms with Gasteiger partial charge in [-0.3, -0.25) is 0 Å². The van der Waals surface area contributed by atoms with Gasteiger partial charge in [-0.05, 0) is 0 Å². The SMILES string of the molecule is CC12CC3(C)CC([Se]c4ccccc4)(C1)CC([Se]c1ccccc1)(C2)C3. The fraction of sp³-hybridized carbons (Fsp3) is 0.500. The molecular formula is C24H28Se2. The Bertz CT molecular complexity index is 716. The Kier molecular flexibility index (Phi) is 4.04. The second kappa shape index (κ2) is 5.99. The van der Waals surface area contributed by atoms with Gasteiger partial charge >= 0.3 is 171 Å². The Hall–Kier alpha value is -0.521. The summed E-state index contributed by atoms with van der Waals surface area (Å²) < 4.78 is 4.44. The number of rotatable bonds is 4. The van der Waals surface area contributed by atoms with Crippen molar-refractivity contribution in [2.24, 2.45) is 10.8 Å². The molecule has 4 bridgehead atoms. The molecule has 4 aliphatic rings. The number of hydrogen-bond acceptors (Lipinski definition) is 0. The molecule has 0 N–H and O–H groups in total. The predicted molar refractivity (Wildman–Crippen MR) is 113 cm³/mol. The van der Waals surface area contributed by atoms with Crippen molar-refractivity contribution in [2.75, 3.05) is 0 Å². The van der Waals surface area contributed by atoms with Crippen molar-refractivity contribution < 1.29 is 0 Å². The molecule has 0 amide bonds. The molecule has 0 nitrogen and oxygen atoms in total. The summed E-state index contributed by atoms with van der Waals surface area (Å²) >= 11 is 1.21. The average Bonchev–Trinajstić information content (AvgIpc) is 2.52. The fourth-order valence-electron chi connectivity index (χ4n) is 7.17. The van der Waals surface area contributed by atoms with Gasteiger partial charge in [-0.25, -0.2) is 0 Å². The second-order valence-electron chi connectivity index (χ2n) is 9.88. The molecule has 26 heavy (non-hydrogen) atoms. The number of hydrogen-bond donors (Lipinski definition) is 0. The summed E-state index contributed by atoms with van der Waals surface area (Å²) in [6.45, 7) is 5.27. The van der Waals surface area contributed by atoms with E-state index in [2.05, 4.69) is 74.5 Å². The molecule has 0 aromatic heterocycles. The normalized spacial score (nSPS) is 40.7. The van der Waals surface area contributed by atoms with E-state index in [1.165, 1.54) is 38.5 Å². The first-order valence-corrected chi connectivity index (χ1v) is 13.3. The molecule has 0 spiro atoms. The van der Waals surface area contributed by atoms with E-state index in [4.69, 9.17) is 0 Å². The molecule has 136 valence electrons. The average molecular weight is 474 g/mol. The molecule has 0 heterocycles. The molecule has 0 unspecified atom stereocenters. The van der Waals surface area contributed by atoms with E-state index in [0.29, 0.717) is 49.4 Å². The van der Waals surface area contributed by atoms with Crippen molar-refractivity contribution in [1.29, 1.82) is 0 Å². The van der Waals surface area contributed by atoms with E-state index in [0.717, 1.165) is 0 Å². The quantitative estimate of drug-likeness (QED) is 0.561. The predicted octanol–water partition coefficient (Wildman–Crippen LogP) is 4.76. The molecule has 0 saturated heterocycles. The summed E-state index contributed by atoms with van der Waals surface area (Å²) in [4.78, 5) is 0. The van der Waals surface area contributed by atoms with E-state index in [1.807, 2.05) is 0 Å². The van der Waals surface area contributed by atoms with Crippen molar-refractivity contribution in [3.05, 3.63) is 60.7 Å². The molecule has 2 heteroatoms. The van der Waals surface area contributed by atoms with Crippen LogP contribution >= 0.6 is 0 Å². The van der Waals surface area contributed by atoms with Crippen LogP contribution in [0.2, 0.25) is 8.63 Å². The number of benzene rings is 2. The van der Waals surface area contributed by atoms with Gasteiger partial charge in [0.2, 0.25) is 0 Å². The summed E-state index contributed by atoms with van der Waals surface area (Å²) in [5.41, 5.74) is 1.16. The van der Waals surface area contributed by atoms with Crippen LogP contribution in [0.1, 0.15) is 52.4 Å². The van der Waals surface area contributed by atoms with Gasteiger partial charge in [0, 0.05) is 0 Å². The topological polar surface area (TPSA) is 0 Å². The minimum atomic E-state index is 0.580. The molecule has 4 aliphatic carbocycles. The van der Waals surface area contributed by atoms with Gasteiger partial charge in [0.05, 0.1) is 0 Å². The van der Waals surface area contributed by atoms with Crippen LogP contribution in [-0.2, 0) is 0 Å². The van der Waals surface area contributed by atoms with E-state index in [9.17, 15) is 0 Å². The molecule has 0 atom stereocenters. The zero-order chi connectivity index (χ0) is 17.9. The first-order chi connectivity index (χ1) is 12.4. The molecule has 2 aromatic rings. The van der Waals surface area contributed by atoms with Gasteiger partial charge in [-0.1, -0.05) is 0 Å². The van der Waals surface area contributed by atoms with Crippen molar-refractivity contribution in [3.63, 3.8) is 0 Å². The maximum atomic E-state index is 2.63. The van der Waals surface area contributed by atoms with Crippen LogP contribution in [0.15, 0.2) is 60.7 Å². The molecule has 4 saturated carbocycles. The maximum absolute atomic E-state index is 2.63. The third-order valence-electron chi connectivity index (χ3n) is 6.65. The summed E-state index contributed by atoms with van der Waals surface area (Å²) in [7, 11) is 0. The van der Waals surface area contributed by atoms with Crippen molar-refractivity contribution in [3.8, 4) is 0 Å². The Labute approximate surface area is 170 Å². The fourth-order valence-corrected chi connectivity index (χ4v) is 16.0. The van der Waals surface area contributed by atoms with E-state index in [-0.39, 0.29) is 0 Å². The van der Waals surface area contributed by atoms with Gasteiger partial charge < -0.3 is 0 Å². The first-order valence-electron chi connectivity index (χ1n) is 9.88. The standard InChI is InChI=1S/C24H28Se2/c1-21-13-22(2)16-23(14-21,25-19-9-5-3-6-10-19)18-24(15-21,17-22)26-20-11-7-4-8-12-20/h3-12H,13-18H2,1-2H3. The summed E-state index contributed by atoms with van der Waals surface area (Å²) in [6.07, 6.45) is 8.90. The monoisotopic (exact) mass is 476 g/mol. The Morgan fingerprint density at radius 1 is 0.538 bits per heavy atom. The van der Waals surface area contributed by atoms with Gasteiger partial charge in [0.15, 0.2) is 0 Å². The molecular weight excluding hydrogens is 446 g/mol. The molecule has 2 aromatic carbocycles.